The minimum atomic E-state index is -4.82. The fourth-order valence-electron chi connectivity index (χ4n) is 3.10. The number of hydrogen-bond donors (Lipinski definition) is 0. The Kier molecular flexibility index (Phi) is 5.56. The molecule has 30 heavy (non-hydrogen) atoms. The summed E-state index contributed by atoms with van der Waals surface area (Å²) in [7, 11) is 1.02. The third-order valence-electron chi connectivity index (χ3n) is 4.35. The van der Waals surface area contributed by atoms with Crippen LogP contribution in [0.15, 0.2) is 60.8 Å². The van der Waals surface area contributed by atoms with Crippen molar-refractivity contribution in [2.24, 2.45) is 0 Å². The largest absolute Gasteiger partial charge is 0.465 e. The molecule has 3 rings (SSSR count). The van der Waals surface area contributed by atoms with E-state index in [0.29, 0.717) is 0 Å². The number of carbonyl (C=O) groups is 1. The molecule has 156 valence electrons. The van der Waals surface area contributed by atoms with E-state index in [-0.39, 0.29) is 5.56 Å². The van der Waals surface area contributed by atoms with Gasteiger partial charge < -0.3 is 4.74 Å². The zero-order valence-electron chi connectivity index (χ0n) is 15.3. The Morgan fingerprint density at radius 1 is 0.800 bits per heavy atom. The van der Waals surface area contributed by atoms with Crippen molar-refractivity contribution < 1.29 is 35.9 Å². The van der Waals surface area contributed by atoms with E-state index in [9.17, 15) is 31.1 Å². The summed E-state index contributed by atoms with van der Waals surface area (Å²) < 4.78 is 86.2. The summed E-state index contributed by atoms with van der Waals surface area (Å²) in [6, 6.07) is 9.73. The normalized spacial score (nSPS) is 12.0. The fraction of sp³-hybridized carbons (Fsp3) is 0.143. The van der Waals surface area contributed by atoms with Gasteiger partial charge in [-0.1, -0.05) is 36.4 Å². The molecule has 1 heterocycles. The molecule has 1 aromatic heterocycles. The van der Waals surface area contributed by atoms with E-state index in [4.69, 9.17) is 0 Å². The smallest absolute Gasteiger partial charge is 0.417 e. The van der Waals surface area contributed by atoms with Gasteiger partial charge in [0.2, 0.25) is 0 Å². The van der Waals surface area contributed by atoms with Crippen molar-refractivity contribution in [3.05, 3.63) is 77.5 Å². The van der Waals surface area contributed by atoms with Crippen LogP contribution < -0.4 is 0 Å². The Balaban J connectivity index is 2.45. The molecule has 0 aliphatic heterocycles. The number of alkyl halides is 6. The van der Waals surface area contributed by atoms with Gasteiger partial charge in [-0.3, -0.25) is 4.98 Å². The third kappa shape index (κ3) is 4.00. The zero-order valence-corrected chi connectivity index (χ0v) is 15.3. The van der Waals surface area contributed by atoms with E-state index < -0.39 is 51.8 Å². The molecule has 0 aliphatic carbocycles. The number of aromatic nitrogens is 1. The first-order valence-electron chi connectivity index (χ1n) is 8.46. The molecular weight excluding hydrogens is 412 g/mol. The lowest BCUT2D eigenvalue weighted by molar-refractivity contribution is -0.138. The van der Waals surface area contributed by atoms with Crippen LogP contribution in [0, 0.1) is 0 Å². The monoisotopic (exact) mass is 425 g/mol. The number of halogens is 6. The minimum Gasteiger partial charge on any atom is -0.465 e. The molecule has 9 heteroatoms. The van der Waals surface area contributed by atoms with Crippen LogP contribution in [0.2, 0.25) is 0 Å². The maximum atomic E-state index is 13.6. The number of esters is 1. The van der Waals surface area contributed by atoms with Crippen LogP contribution in [-0.2, 0) is 17.1 Å². The Hall–Kier alpha value is -3.36. The molecule has 0 N–H and O–H groups in total. The number of pyridine rings is 1. The summed E-state index contributed by atoms with van der Waals surface area (Å²) in [5.41, 5.74) is -4.29. The highest BCUT2D eigenvalue weighted by atomic mass is 19.4. The number of benzene rings is 2. The van der Waals surface area contributed by atoms with Crippen LogP contribution in [-0.4, -0.2) is 18.1 Å². The first-order chi connectivity index (χ1) is 14.1. The third-order valence-corrected chi connectivity index (χ3v) is 4.35. The van der Waals surface area contributed by atoms with Gasteiger partial charge in [-0.05, 0) is 23.8 Å². The maximum Gasteiger partial charge on any atom is 0.417 e. The Morgan fingerprint density at radius 3 is 1.83 bits per heavy atom. The summed E-state index contributed by atoms with van der Waals surface area (Å²) in [5, 5.41) is 0. The predicted molar refractivity (Wildman–Crippen MR) is 96.5 cm³/mol. The highest BCUT2D eigenvalue weighted by Gasteiger charge is 2.37. The van der Waals surface area contributed by atoms with E-state index in [1.54, 1.807) is 0 Å². The highest BCUT2D eigenvalue weighted by molar-refractivity contribution is 6.02. The number of nitrogens with zero attached hydrogens (tertiary/aromatic N) is 1. The van der Waals surface area contributed by atoms with E-state index in [2.05, 4.69) is 9.72 Å². The van der Waals surface area contributed by atoms with Gasteiger partial charge in [-0.25, -0.2) is 4.79 Å². The Morgan fingerprint density at radius 2 is 1.30 bits per heavy atom. The van der Waals surface area contributed by atoms with Crippen molar-refractivity contribution in [3.8, 4) is 22.4 Å². The first kappa shape index (κ1) is 21.4. The molecule has 0 unspecified atom stereocenters. The SMILES string of the molecule is COC(=O)c1ccnc(-c2ccccc2C(F)(F)F)c1-c1ccccc1C(F)(F)F. The van der Waals surface area contributed by atoms with Crippen LogP contribution in [0.1, 0.15) is 21.5 Å². The first-order valence-corrected chi connectivity index (χ1v) is 8.46. The second-order valence-electron chi connectivity index (χ2n) is 6.16. The molecule has 0 aliphatic rings. The molecule has 0 fully saturated rings. The zero-order chi connectivity index (χ0) is 22.1. The van der Waals surface area contributed by atoms with Crippen LogP contribution in [0.5, 0.6) is 0 Å². The van der Waals surface area contributed by atoms with E-state index in [1.165, 1.54) is 12.1 Å². The summed E-state index contributed by atoms with van der Waals surface area (Å²) >= 11 is 0. The second kappa shape index (κ2) is 7.81. The van der Waals surface area contributed by atoms with Crippen molar-refractivity contribution in [1.82, 2.24) is 4.98 Å². The number of methoxy groups -OCH3 is 1. The van der Waals surface area contributed by atoms with E-state index in [1.807, 2.05) is 0 Å². The summed E-state index contributed by atoms with van der Waals surface area (Å²) in [6.45, 7) is 0. The molecule has 2 aromatic carbocycles. The van der Waals surface area contributed by atoms with Crippen molar-refractivity contribution in [2.75, 3.05) is 7.11 Å². The molecule has 0 saturated carbocycles. The summed E-state index contributed by atoms with van der Waals surface area (Å²) in [4.78, 5) is 16.2. The maximum absolute atomic E-state index is 13.6. The predicted octanol–water partition coefficient (Wildman–Crippen LogP) is 6.24. The summed E-state index contributed by atoms with van der Waals surface area (Å²) in [5.74, 6) is -1.00. The van der Waals surface area contributed by atoms with Crippen LogP contribution in [0.3, 0.4) is 0 Å². The van der Waals surface area contributed by atoms with Gasteiger partial charge in [0.1, 0.15) is 0 Å². The fourth-order valence-corrected chi connectivity index (χ4v) is 3.10. The van der Waals surface area contributed by atoms with E-state index >= 15 is 0 Å². The Bertz CT molecular complexity index is 1090. The number of carbonyl (C=O) groups excluding carboxylic acids is 1. The topological polar surface area (TPSA) is 39.2 Å². The van der Waals surface area contributed by atoms with Gasteiger partial charge in [0.15, 0.2) is 0 Å². The van der Waals surface area contributed by atoms with Crippen molar-refractivity contribution in [3.63, 3.8) is 0 Å². The molecule has 0 bridgehead atoms. The van der Waals surface area contributed by atoms with Gasteiger partial charge in [-0.2, -0.15) is 26.3 Å². The number of hydrogen-bond acceptors (Lipinski definition) is 3. The standard InChI is InChI=1S/C21H13F6NO2/c1-30-19(29)14-10-11-28-18(13-7-3-5-9-16(13)21(25,26)27)17(14)12-6-2-4-8-15(12)20(22,23)24/h2-11H,1H3. The molecule has 3 nitrogen and oxygen atoms in total. The van der Waals surface area contributed by atoms with Gasteiger partial charge in [0, 0.05) is 17.3 Å². The highest BCUT2D eigenvalue weighted by Crippen LogP contribution is 2.44. The molecule has 0 radical (unpaired) electrons. The molecule has 0 saturated heterocycles. The van der Waals surface area contributed by atoms with Gasteiger partial charge in [0.05, 0.1) is 29.5 Å². The van der Waals surface area contributed by atoms with Crippen LogP contribution >= 0.6 is 0 Å². The van der Waals surface area contributed by atoms with Gasteiger partial charge >= 0.3 is 18.3 Å². The minimum absolute atomic E-state index is 0.337. The lowest BCUT2D eigenvalue weighted by Gasteiger charge is -2.19. The van der Waals surface area contributed by atoms with Crippen LogP contribution in [0.4, 0.5) is 26.3 Å². The number of ether oxygens (including phenoxy) is 1. The molecule has 0 amide bonds. The molecule has 3 aromatic rings. The lowest BCUT2D eigenvalue weighted by atomic mass is 9.90. The van der Waals surface area contributed by atoms with Crippen molar-refractivity contribution >= 4 is 5.97 Å². The molecular formula is C21H13F6NO2. The number of rotatable bonds is 3. The van der Waals surface area contributed by atoms with E-state index in [0.717, 1.165) is 55.8 Å². The van der Waals surface area contributed by atoms with Crippen molar-refractivity contribution in [1.29, 1.82) is 0 Å². The molecule has 0 spiro atoms. The quantitative estimate of drug-likeness (QED) is 0.368. The average Bonchev–Trinajstić information content (AvgIpc) is 2.71. The van der Waals surface area contributed by atoms with Crippen LogP contribution in [0.25, 0.3) is 22.4 Å². The van der Waals surface area contributed by atoms with Gasteiger partial charge in [-0.15, -0.1) is 0 Å². The van der Waals surface area contributed by atoms with Gasteiger partial charge in [0.25, 0.3) is 0 Å². The average molecular weight is 425 g/mol. The second-order valence-corrected chi connectivity index (χ2v) is 6.16. The molecule has 0 atom stereocenters. The Labute approximate surface area is 166 Å². The summed E-state index contributed by atoms with van der Waals surface area (Å²) in [6.07, 6.45) is -8.56. The van der Waals surface area contributed by atoms with Crippen molar-refractivity contribution in [2.45, 2.75) is 12.4 Å². The lowest BCUT2D eigenvalue weighted by Crippen LogP contribution is -2.12.